The van der Waals surface area contributed by atoms with Crippen LogP contribution in [0, 0.1) is 5.92 Å². The number of hydrogen-bond donors (Lipinski definition) is 1. The number of benzene rings is 2. The first-order valence-electron chi connectivity index (χ1n) is 11.1. The van der Waals surface area contributed by atoms with Gasteiger partial charge in [-0.1, -0.05) is 44.2 Å². The molecule has 0 spiro atoms. The number of hydrogen-bond acceptors (Lipinski definition) is 6. The lowest BCUT2D eigenvalue weighted by Gasteiger charge is -2.29. The van der Waals surface area contributed by atoms with Gasteiger partial charge in [0.15, 0.2) is 11.5 Å². The average molecular weight is 478 g/mol. The molecule has 6 nitrogen and oxygen atoms in total. The van der Waals surface area contributed by atoms with E-state index >= 15 is 0 Å². The van der Waals surface area contributed by atoms with Crippen LogP contribution in [0.3, 0.4) is 0 Å². The summed E-state index contributed by atoms with van der Waals surface area (Å²) in [5.74, 6) is -1.27. The highest BCUT2D eigenvalue weighted by atomic mass is 32.1. The molecule has 0 saturated heterocycles. The van der Waals surface area contributed by atoms with Crippen LogP contribution in [0.5, 0.6) is 5.75 Å². The molecule has 7 heteroatoms. The Morgan fingerprint density at radius 3 is 2.44 bits per heavy atom. The topological polar surface area (TPSA) is 76.1 Å². The van der Waals surface area contributed by atoms with Gasteiger partial charge < -0.3 is 14.6 Å². The van der Waals surface area contributed by atoms with Crippen LogP contribution >= 0.6 is 11.3 Å². The third-order valence-electron chi connectivity index (χ3n) is 5.76. The third-order valence-corrected chi connectivity index (χ3v) is 6.44. The van der Waals surface area contributed by atoms with Crippen LogP contribution in [0.15, 0.2) is 76.7 Å². The van der Waals surface area contributed by atoms with Gasteiger partial charge in [0.2, 0.25) is 0 Å². The highest BCUT2D eigenvalue weighted by Crippen LogP contribution is 2.45. The molecule has 34 heavy (non-hydrogen) atoms. The van der Waals surface area contributed by atoms with E-state index in [4.69, 9.17) is 9.47 Å². The molecule has 1 amide bonds. The van der Waals surface area contributed by atoms with E-state index in [0.29, 0.717) is 30.2 Å². The predicted molar refractivity (Wildman–Crippen MR) is 133 cm³/mol. The number of carbonyl (C=O) groups excluding carboxylic acids is 2. The van der Waals surface area contributed by atoms with Gasteiger partial charge in [-0.25, -0.2) is 0 Å². The van der Waals surface area contributed by atoms with Crippen molar-refractivity contribution in [1.29, 1.82) is 0 Å². The zero-order chi connectivity index (χ0) is 24.2. The number of para-hydroxylation sites is 1. The van der Waals surface area contributed by atoms with Gasteiger partial charge in [-0.05, 0) is 46.2 Å². The fourth-order valence-electron chi connectivity index (χ4n) is 4.04. The van der Waals surface area contributed by atoms with E-state index in [1.807, 2.05) is 53.9 Å². The number of ether oxygens (including phenoxy) is 2. The maximum absolute atomic E-state index is 13.3. The molecule has 0 fully saturated rings. The van der Waals surface area contributed by atoms with Crippen LogP contribution in [0.4, 0.5) is 5.69 Å². The summed E-state index contributed by atoms with van der Waals surface area (Å²) in [5, 5.41) is 14.9. The van der Waals surface area contributed by atoms with E-state index < -0.39 is 23.6 Å². The predicted octanol–water partition coefficient (Wildman–Crippen LogP) is 5.57. The lowest BCUT2D eigenvalue weighted by molar-refractivity contribution is -0.119. The van der Waals surface area contributed by atoms with Crippen LogP contribution < -0.4 is 9.64 Å². The Hall–Kier alpha value is -3.42. The smallest absolute Gasteiger partial charge is 0.294 e. The Labute approximate surface area is 203 Å². The third kappa shape index (κ3) is 4.49. The largest absolute Gasteiger partial charge is 0.503 e. The summed E-state index contributed by atoms with van der Waals surface area (Å²) in [4.78, 5) is 28.0. The molecule has 2 aromatic carbocycles. The molecule has 0 radical (unpaired) electrons. The van der Waals surface area contributed by atoms with Crippen LogP contribution in [0.1, 0.15) is 25.5 Å². The normalized spacial score (nSPS) is 15.9. The van der Waals surface area contributed by atoms with Crippen molar-refractivity contribution in [3.05, 3.63) is 82.3 Å². The first-order valence-corrected chi connectivity index (χ1v) is 12.0. The van der Waals surface area contributed by atoms with E-state index in [1.54, 1.807) is 38.4 Å². The molecule has 0 aliphatic carbocycles. The number of amides is 1. The monoisotopic (exact) mass is 477 g/mol. The maximum atomic E-state index is 13.3. The zero-order valence-corrected chi connectivity index (χ0v) is 20.2. The molecular formula is C27H27NO5S. The second kappa shape index (κ2) is 10.2. The van der Waals surface area contributed by atoms with Gasteiger partial charge in [0.05, 0.1) is 18.2 Å². The number of thiophene rings is 1. The summed E-state index contributed by atoms with van der Waals surface area (Å²) in [6.07, 6.45) is 0. The lowest BCUT2D eigenvalue weighted by Crippen LogP contribution is -2.31. The minimum atomic E-state index is -0.812. The van der Waals surface area contributed by atoms with Crippen molar-refractivity contribution < 1.29 is 24.2 Å². The van der Waals surface area contributed by atoms with Gasteiger partial charge in [0.1, 0.15) is 12.4 Å². The van der Waals surface area contributed by atoms with Crippen molar-refractivity contribution >= 4 is 28.7 Å². The Bertz CT molecular complexity index is 1200. The molecular weight excluding hydrogens is 450 g/mol. The number of ketones is 1. The van der Waals surface area contributed by atoms with Gasteiger partial charge >= 0.3 is 0 Å². The molecule has 4 rings (SSSR count). The number of Topliss-reactive ketones (excluding diaryl/α,β-unsaturated/α-hetero) is 1. The Balaban J connectivity index is 1.80. The molecule has 1 aliphatic rings. The summed E-state index contributed by atoms with van der Waals surface area (Å²) < 4.78 is 11.0. The maximum Gasteiger partial charge on any atom is 0.294 e. The number of aliphatic hydroxyl groups excluding tert-OH is 1. The number of methoxy groups -OCH3 is 1. The minimum absolute atomic E-state index is 0.0877. The highest BCUT2D eigenvalue weighted by Gasteiger charge is 2.45. The molecule has 1 aromatic heterocycles. The van der Waals surface area contributed by atoms with E-state index in [9.17, 15) is 14.7 Å². The van der Waals surface area contributed by atoms with Gasteiger partial charge in [-0.3, -0.25) is 14.5 Å². The van der Waals surface area contributed by atoms with Crippen molar-refractivity contribution in [2.45, 2.75) is 19.9 Å². The minimum Gasteiger partial charge on any atom is -0.503 e. The van der Waals surface area contributed by atoms with Crippen molar-refractivity contribution in [3.8, 4) is 16.9 Å². The number of nitrogens with zero attached hydrogens (tertiary/aromatic N) is 1. The molecule has 176 valence electrons. The average Bonchev–Trinajstić information content (AvgIpc) is 3.47. The van der Waals surface area contributed by atoms with Crippen molar-refractivity contribution in [3.63, 3.8) is 0 Å². The number of rotatable bonds is 9. The van der Waals surface area contributed by atoms with Crippen molar-refractivity contribution in [2.75, 3.05) is 25.2 Å². The second-order valence-corrected chi connectivity index (χ2v) is 9.08. The van der Waals surface area contributed by atoms with E-state index in [1.165, 1.54) is 4.90 Å². The van der Waals surface area contributed by atoms with E-state index in [0.717, 1.165) is 11.1 Å². The summed E-state index contributed by atoms with van der Waals surface area (Å²) in [6, 6.07) is 16.0. The van der Waals surface area contributed by atoms with Gasteiger partial charge in [0, 0.05) is 24.3 Å². The SMILES string of the molecule is COCCOc1ccccc1[C@@H]1C(C(=O)C(C)C)=C(O)C(=O)N1c1ccc(-c2ccsc2)cc1. The van der Waals surface area contributed by atoms with Crippen LogP contribution in [0.25, 0.3) is 11.1 Å². The fraction of sp³-hybridized carbons (Fsp3) is 0.259. The molecule has 0 unspecified atom stereocenters. The van der Waals surface area contributed by atoms with Gasteiger partial charge in [0.25, 0.3) is 5.91 Å². The van der Waals surface area contributed by atoms with Gasteiger partial charge in [-0.15, -0.1) is 0 Å². The second-order valence-electron chi connectivity index (χ2n) is 8.30. The Morgan fingerprint density at radius 2 is 1.79 bits per heavy atom. The molecule has 2 heterocycles. The number of aliphatic hydroxyl groups is 1. The molecule has 3 aromatic rings. The highest BCUT2D eigenvalue weighted by molar-refractivity contribution is 7.08. The first-order chi connectivity index (χ1) is 16.4. The van der Waals surface area contributed by atoms with E-state index in [-0.39, 0.29) is 11.4 Å². The molecule has 1 atom stereocenters. The number of anilines is 1. The summed E-state index contributed by atoms with van der Waals surface area (Å²) in [7, 11) is 1.59. The molecule has 0 saturated carbocycles. The standard InChI is InChI=1S/C27H27NO5S/c1-17(2)25(29)23-24(21-6-4-5-7-22(21)33-14-13-32-3)28(27(31)26(23)30)20-10-8-18(9-11-20)19-12-15-34-16-19/h4-12,15-17,24,30H,13-14H2,1-3H3/t24-/m1/s1. The Kier molecular flexibility index (Phi) is 7.14. The van der Waals surface area contributed by atoms with E-state index in [2.05, 4.69) is 5.38 Å². The fourth-order valence-corrected chi connectivity index (χ4v) is 4.71. The van der Waals surface area contributed by atoms with Gasteiger partial charge in [-0.2, -0.15) is 11.3 Å². The first kappa shape index (κ1) is 23.7. The summed E-state index contributed by atoms with van der Waals surface area (Å²) in [6.45, 7) is 4.21. The molecule has 1 N–H and O–H groups in total. The van der Waals surface area contributed by atoms with Crippen LogP contribution in [0.2, 0.25) is 0 Å². The van der Waals surface area contributed by atoms with Crippen LogP contribution in [-0.4, -0.2) is 37.1 Å². The zero-order valence-electron chi connectivity index (χ0n) is 19.4. The van der Waals surface area contributed by atoms with Crippen LogP contribution in [-0.2, 0) is 14.3 Å². The summed E-state index contributed by atoms with van der Waals surface area (Å²) >= 11 is 1.61. The quantitative estimate of drug-likeness (QED) is 0.408. The summed E-state index contributed by atoms with van der Waals surface area (Å²) in [5.41, 5.74) is 3.41. The molecule has 1 aliphatic heterocycles. The number of carbonyl (C=O) groups is 2. The van der Waals surface area contributed by atoms with Crippen molar-refractivity contribution in [2.24, 2.45) is 5.92 Å². The lowest BCUT2D eigenvalue weighted by atomic mass is 9.90. The van der Waals surface area contributed by atoms with Crippen molar-refractivity contribution in [1.82, 2.24) is 0 Å². The Morgan fingerprint density at radius 1 is 1.06 bits per heavy atom. The molecule has 0 bridgehead atoms.